The summed E-state index contributed by atoms with van der Waals surface area (Å²) in [7, 11) is 0. The molecule has 1 atom stereocenters. The fourth-order valence-corrected chi connectivity index (χ4v) is 3.71. The summed E-state index contributed by atoms with van der Waals surface area (Å²) in [6.45, 7) is 3.23. The molecular weight excluding hydrogens is 372 g/mol. The number of carbonyl (C=O) groups is 1. The van der Waals surface area contributed by atoms with Crippen molar-refractivity contribution in [2.75, 3.05) is 0 Å². The Balaban J connectivity index is 1.79. The SMILES string of the molecule is CC(=O)C1=C(C)Oc2ncn3nc(-c4ccccc4O)nc3c2C1c1ccco1. The van der Waals surface area contributed by atoms with Gasteiger partial charge in [0.15, 0.2) is 17.3 Å². The highest BCUT2D eigenvalue weighted by atomic mass is 16.5. The van der Waals surface area contributed by atoms with Crippen molar-refractivity contribution in [2.24, 2.45) is 0 Å². The number of phenols is 1. The first-order chi connectivity index (χ1) is 14.0. The van der Waals surface area contributed by atoms with Crippen LogP contribution >= 0.6 is 0 Å². The second kappa shape index (κ2) is 6.30. The lowest BCUT2D eigenvalue weighted by atomic mass is 9.85. The second-order valence-electron chi connectivity index (χ2n) is 6.76. The first kappa shape index (κ1) is 17.2. The lowest BCUT2D eigenvalue weighted by Gasteiger charge is -2.26. The fraction of sp³-hybridized carbons (Fsp3) is 0.143. The molecule has 5 rings (SSSR count). The molecule has 4 heterocycles. The van der Waals surface area contributed by atoms with Gasteiger partial charge in [0.25, 0.3) is 0 Å². The minimum atomic E-state index is -0.524. The van der Waals surface area contributed by atoms with Gasteiger partial charge in [0, 0.05) is 5.57 Å². The van der Waals surface area contributed by atoms with Crippen molar-refractivity contribution in [3.8, 4) is 23.0 Å². The normalized spacial score (nSPS) is 16.0. The minimum Gasteiger partial charge on any atom is -0.507 e. The van der Waals surface area contributed by atoms with E-state index in [2.05, 4.69) is 15.1 Å². The predicted octanol–water partition coefficient (Wildman–Crippen LogP) is 3.48. The number of Topliss-reactive ketones (excluding diaryl/α,β-unsaturated/α-hetero) is 1. The third-order valence-electron chi connectivity index (χ3n) is 4.95. The van der Waals surface area contributed by atoms with Crippen LogP contribution in [-0.4, -0.2) is 30.5 Å². The Labute approximate surface area is 165 Å². The number of nitrogens with zero attached hydrogens (tertiary/aromatic N) is 4. The van der Waals surface area contributed by atoms with Crippen molar-refractivity contribution >= 4 is 11.4 Å². The van der Waals surface area contributed by atoms with Crippen LogP contribution in [-0.2, 0) is 4.79 Å². The molecule has 3 aromatic heterocycles. The maximum absolute atomic E-state index is 12.5. The third-order valence-corrected chi connectivity index (χ3v) is 4.95. The lowest BCUT2D eigenvalue weighted by Crippen LogP contribution is -2.21. The highest BCUT2D eigenvalue weighted by Crippen LogP contribution is 2.44. The van der Waals surface area contributed by atoms with Crippen molar-refractivity contribution in [3.63, 3.8) is 0 Å². The topological polar surface area (TPSA) is 103 Å². The van der Waals surface area contributed by atoms with Gasteiger partial charge in [-0.15, -0.1) is 5.10 Å². The Bertz CT molecular complexity index is 1290. The van der Waals surface area contributed by atoms with E-state index in [0.717, 1.165) is 0 Å². The van der Waals surface area contributed by atoms with E-state index in [4.69, 9.17) is 9.15 Å². The number of aromatic hydroxyl groups is 1. The molecule has 1 aliphatic rings. The molecular formula is C21H16N4O4. The number of phenolic OH excluding ortho intramolecular Hbond substituents is 1. The van der Waals surface area contributed by atoms with Gasteiger partial charge in [-0.2, -0.15) is 0 Å². The number of allylic oxidation sites excluding steroid dienone is 2. The number of ketones is 1. The van der Waals surface area contributed by atoms with Crippen LogP contribution in [0.4, 0.5) is 0 Å². The van der Waals surface area contributed by atoms with Crippen molar-refractivity contribution in [3.05, 3.63) is 71.6 Å². The summed E-state index contributed by atoms with van der Waals surface area (Å²) in [5, 5.41) is 14.6. The van der Waals surface area contributed by atoms with Crippen LogP contribution in [0.15, 0.2) is 64.7 Å². The number of hydrogen-bond acceptors (Lipinski definition) is 7. The summed E-state index contributed by atoms with van der Waals surface area (Å²) in [4.78, 5) is 21.5. The van der Waals surface area contributed by atoms with E-state index in [1.54, 1.807) is 49.6 Å². The number of benzene rings is 1. The molecule has 144 valence electrons. The molecule has 0 saturated carbocycles. The molecule has 0 fully saturated rings. The zero-order valence-electron chi connectivity index (χ0n) is 15.7. The van der Waals surface area contributed by atoms with Gasteiger partial charge in [-0.1, -0.05) is 12.1 Å². The molecule has 8 nitrogen and oxygen atoms in total. The predicted molar refractivity (Wildman–Crippen MR) is 102 cm³/mol. The maximum Gasteiger partial charge on any atom is 0.228 e. The summed E-state index contributed by atoms with van der Waals surface area (Å²) in [6.07, 6.45) is 3.05. The van der Waals surface area contributed by atoms with Crippen LogP contribution in [0, 0.1) is 0 Å². The Morgan fingerprint density at radius 1 is 1.21 bits per heavy atom. The van der Waals surface area contributed by atoms with Gasteiger partial charge in [-0.25, -0.2) is 14.5 Å². The molecule has 1 N–H and O–H groups in total. The summed E-state index contributed by atoms with van der Waals surface area (Å²) in [5.41, 5.74) is 2.04. The van der Waals surface area contributed by atoms with Crippen LogP contribution in [0.3, 0.4) is 0 Å². The van der Waals surface area contributed by atoms with Crippen LogP contribution in [0.1, 0.15) is 31.1 Å². The second-order valence-corrected chi connectivity index (χ2v) is 6.76. The molecule has 1 unspecified atom stereocenters. The quantitative estimate of drug-likeness (QED) is 0.573. The number of carbonyl (C=O) groups excluding carboxylic acids is 1. The Morgan fingerprint density at radius 3 is 2.76 bits per heavy atom. The lowest BCUT2D eigenvalue weighted by molar-refractivity contribution is -0.114. The van der Waals surface area contributed by atoms with E-state index < -0.39 is 5.92 Å². The van der Waals surface area contributed by atoms with E-state index >= 15 is 0 Å². The summed E-state index contributed by atoms with van der Waals surface area (Å²) >= 11 is 0. The van der Waals surface area contributed by atoms with Crippen molar-refractivity contribution in [2.45, 2.75) is 19.8 Å². The number of ether oxygens (including phenoxy) is 1. The summed E-state index contributed by atoms with van der Waals surface area (Å²) in [6, 6.07) is 10.4. The van der Waals surface area contributed by atoms with E-state index in [1.165, 1.54) is 17.8 Å². The average Bonchev–Trinajstić information content (AvgIpc) is 3.36. The van der Waals surface area contributed by atoms with Gasteiger partial charge in [0.05, 0.1) is 23.3 Å². The number of furan rings is 1. The largest absolute Gasteiger partial charge is 0.507 e. The standard InChI is InChI=1S/C21H16N4O4/c1-11(26)16-12(2)29-21-18(17(16)15-8-5-9-28-15)20-23-19(24-25(20)10-22-21)13-6-3-4-7-14(13)27/h3-10,17,27H,1-2H3. The van der Waals surface area contributed by atoms with Gasteiger partial charge in [-0.3, -0.25) is 4.79 Å². The monoisotopic (exact) mass is 388 g/mol. The number of fused-ring (bicyclic) bond motifs is 3. The Morgan fingerprint density at radius 2 is 2.03 bits per heavy atom. The smallest absolute Gasteiger partial charge is 0.228 e. The van der Waals surface area contributed by atoms with E-state index in [-0.39, 0.29) is 11.5 Å². The van der Waals surface area contributed by atoms with Gasteiger partial charge < -0.3 is 14.3 Å². The molecule has 1 aliphatic heterocycles. The minimum absolute atomic E-state index is 0.0734. The van der Waals surface area contributed by atoms with Crippen LogP contribution in [0.2, 0.25) is 0 Å². The van der Waals surface area contributed by atoms with E-state index in [9.17, 15) is 9.90 Å². The third kappa shape index (κ3) is 2.60. The van der Waals surface area contributed by atoms with Gasteiger partial charge in [0.2, 0.25) is 5.88 Å². The zero-order chi connectivity index (χ0) is 20.1. The number of para-hydroxylation sites is 1. The Hall–Kier alpha value is -3.94. The molecule has 0 spiro atoms. The molecule has 0 saturated heterocycles. The molecule has 29 heavy (non-hydrogen) atoms. The highest BCUT2D eigenvalue weighted by Gasteiger charge is 2.37. The average molecular weight is 388 g/mol. The first-order valence-electron chi connectivity index (χ1n) is 9.01. The summed E-state index contributed by atoms with van der Waals surface area (Å²) in [5.74, 6) is 1.17. The molecule has 0 bridgehead atoms. The first-order valence-corrected chi connectivity index (χ1v) is 9.01. The van der Waals surface area contributed by atoms with Crippen molar-refractivity contribution in [1.82, 2.24) is 19.6 Å². The van der Waals surface area contributed by atoms with E-state index in [1.807, 2.05) is 0 Å². The van der Waals surface area contributed by atoms with Crippen molar-refractivity contribution in [1.29, 1.82) is 0 Å². The highest BCUT2D eigenvalue weighted by molar-refractivity contribution is 5.97. The Kier molecular flexibility index (Phi) is 3.73. The molecule has 0 amide bonds. The van der Waals surface area contributed by atoms with Crippen molar-refractivity contribution < 1.29 is 19.1 Å². The molecule has 4 aromatic rings. The fourth-order valence-electron chi connectivity index (χ4n) is 3.71. The number of hydrogen-bond donors (Lipinski definition) is 1. The van der Waals surface area contributed by atoms with Crippen LogP contribution in [0.25, 0.3) is 17.0 Å². The number of aromatic nitrogens is 4. The molecule has 8 heteroatoms. The zero-order valence-corrected chi connectivity index (χ0v) is 15.7. The maximum atomic E-state index is 12.5. The van der Waals surface area contributed by atoms with E-state index in [0.29, 0.717) is 45.6 Å². The van der Waals surface area contributed by atoms with Gasteiger partial charge in [-0.05, 0) is 38.1 Å². The van der Waals surface area contributed by atoms with Crippen LogP contribution < -0.4 is 4.74 Å². The van der Waals surface area contributed by atoms with Gasteiger partial charge >= 0.3 is 0 Å². The summed E-state index contributed by atoms with van der Waals surface area (Å²) < 4.78 is 13.0. The number of rotatable bonds is 3. The van der Waals surface area contributed by atoms with Gasteiger partial charge in [0.1, 0.15) is 23.6 Å². The molecule has 0 radical (unpaired) electrons. The molecule has 1 aromatic carbocycles. The van der Waals surface area contributed by atoms with Crippen LogP contribution in [0.5, 0.6) is 11.6 Å². The molecule has 0 aliphatic carbocycles.